The zero-order valence-corrected chi connectivity index (χ0v) is 10.5. The molecule has 1 amide bonds. The lowest BCUT2D eigenvalue weighted by molar-refractivity contribution is -0.00848. The fourth-order valence-electron chi connectivity index (χ4n) is 2.52. The predicted octanol–water partition coefficient (Wildman–Crippen LogP) is 2.75. The Balaban J connectivity index is 2.17. The topological polar surface area (TPSA) is 60.8 Å². The van der Waals surface area contributed by atoms with Crippen molar-refractivity contribution in [3.63, 3.8) is 0 Å². The van der Waals surface area contributed by atoms with Gasteiger partial charge in [-0.25, -0.2) is 13.6 Å². The molecular formula is C13H17F2NO3. The molecule has 1 atom stereocenters. The maximum atomic E-state index is 13.1. The van der Waals surface area contributed by atoms with Gasteiger partial charge in [-0.2, -0.15) is 0 Å². The van der Waals surface area contributed by atoms with Gasteiger partial charge in [0.15, 0.2) is 0 Å². The summed E-state index contributed by atoms with van der Waals surface area (Å²) in [6, 6.07) is -0.438. The molecule has 2 N–H and O–H groups in total. The van der Waals surface area contributed by atoms with Crippen LogP contribution in [-0.4, -0.2) is 39.8 Å². The second kappa shape index (κ2) is 5.28. The molecule has 0 bridgehead atoms. The molecule has 1 aliphatic carbocycles. The SMILES string of the molecule is O=C(O)N1C=C(C2=CCC(F)(F)CC2)CCC1CO. The van der Waals surface area contributed by atoms with Crippen LogP contribution in [0.15, 0.2) is 23.4 Å². The first-order valence-electron chi connectivity index (χ1n) is 6.33. The van der Waals surface area contributed by atoms with Gasteiger partial charge in [-0.05, 0) is 30.4 Å². The number of alkyl halides is 2. The van der Waals surface area contributed by atoms with Crippen molar-refractivity contribution in [1.82, 2.24) is 4.90 Å². The van der Waals surface area contributed by atoms with Crippen molar-refractivity contribution in [3.05, 3.63) is 23.4 Å². The number of aliphatic hydroxyl groups is 1. The van der Waals surface area contributed by atoms with E-state index in [1.165, 1.54) is 12.3 Å². The molecule has 4 nitrogen and oxygen atoms in total. The third-order valence-corrected chi connectivity index (χ3v) is 3.69. The molecule has 0 radical (unpaired) electrons. The minimum atomic E-state index is -2.64. The number of halogens is 2. The van der Waals surface area contributed by atoms with Crippen LogP contribution >= 0.6 is 0 Å². The first-order chi connectivity index (χ1) is 8.93. The number of allylic oxidation sites excluding steroid dienone is 3. The quantitative estimate of drug-likeness (QED) is 0.813. The number of aliphatic hydroxyl groups excluding tert-OH is 1. The fourth-order valence-corrected chi connectivity index (χ4v) is 2.52. The molecule has 2 rings (SSSR count). The molecule has 0 spiro atoms. The summed E-state index contributed by atoms with van der Waals surface area (Å²) in [6.45, 7) is -0.229. The molecule has 0 saturated heterocycles. The molecule has 1 aliphatic heterocycles. The normalized spacial score (nSPS) is 26.7. The van der Waals surface area contributed by atoms with Gasteiger partial charge in [0.1, 0.15) is 0 Å². The van der Waals surface area contributed by atoms with Gasteiger partial charge < -0.3 is 10.2 Å². The lowest BCUT2D eigenvalue weighted by Crippen LogP contribution is -2.40. The molecule has 6 heteroatoms. The number of rotatable bonds is 2. The fraction of sp³-hybridized carbons (Fsp3) is 0.615. The number of carboxylic acid groups (broad SMARTS) is 1. The van der Waals surface area contributed by atoms with E-state index >= 15 is 0 Å². The van der Waals surface area contributed by atoms with Gasteiger partial charge >= 0.3 is 6.09 Å². The Morgan fingerprint density at radius 2 is 2.16 bits per heavy atom. The molecule has 106 valence electrons. The molecule has 0 aromatic carbocycles. The highest BCUT2D eigenvalue weighted by Gasteiger charge is 2.33. The first-order valence-corrected chi connectivity index (χ1v) is 6.33. The van der Waals surface area contributed by atoms with E-state index in [0.29, 0.717) is 12.8 Å². The van der Waals surface area contributed by atoms with Gasteiger partial charge in [0, 0.05) is 19.0 Å². The molecule has 0 aromatic heterocycles. The molecule has 0 fully saturated rings. The van der Waals surface area contributed by atoms with Crippen LogP contribution in [0.3, 0.4) is 0 Å². The van der Waals surface area contributed by atoms with Crippen LogP contribution in [0.1, 0.15) is 32.1 Å². The zero-order valence-electron chi connectivity index (χ0n) is 10.5. The van der Waals surface area contributed by atoms with Crippen LogP contribution in [0.2, 0.25) is 0 Å². The molecule has 1 unspecified atom stereocenters. The van der Waals surface area contributed by atoms with Crippen LogP contribution in [0.25, 0.3) is 0 Å². The van der Waals surface area contributed by atoms with E-state index < -0.39 is 18.1 Å². The number of hydrogen-bond donors (Lipinski definition) is 2. The minimum absolute atomic E-state index is 0.188. The summed E-state index contributed by atoms with van der Waals surface area (Å²) in [5, 5.41) is 18.2. The maximum absolute atomic E-state index is 13.1. The zero-order chi connectivity index (χ0) is 14.0. The standard InChI is InChI=1S/C13H17F2NO3/c14-13(15)5-3-9(4-6-13)10-1-2-11(8-17)16(7-10)12(18)19/h3,7,11,17H,1-2,4-6,8H2,(H,18,19). The van der Waals surface area contributed by atoms with Gasteiger partial charge in [0.2, 0.25) is 0 Å². The number of nitrogens with zero attached hydrogens (tertiary/aromatic N) is 1. The largest absolute Gasteiger partial charge is 0.465 e. The van der Waals surface area contributed by atoms with Crippen molar-refractivity contribution in [1.29, 1.82) is 0 Å². The van der Waals surface area contributed by atoms with Gasteiger partial charge in [-0.3, -0.25) is 4.90 Å². The lowest BCUT2D eigenvalue weighted by Gasteiger charge is -2.32. The highest BCUT2D eigenvalue weighted by molar-refractivity contribution is 5.67. The third kappa shape index (κ3) is 3.12. The second-order valence-corrected chi connectivity index (χ2v) is 5.01. The van der Waals surface area contributed by atoms with Crippen molar-refractivity contribution >= 4 is 6.09 Å². The van der Waals surface area contributed by atoms with Gasteiger partial charge in [-0.15, -0.1) is 0 Å². The van der Waals surface area contributed by atoms with Crippen molar-refractivity contribution in [2.24, 2.45) is 0 Å². The summed E-state index contributed by atoms with van der Waals surface area (Å²) < 4.78 is 26.1. The highest BCUT2D eigenvalue weighted by Crippen LogP contribution is 2.37. The van der Waals surface area contributed by atoms with Gasteiger partial charge in [0.25, 0.3) is 5.92 Å². The summed E-state index contributed by atoms with van der Waals surface area (Å²) in [6.07, 6.45) is 2.79. The van der Waals surface area contributed by atoms with E-state index in [1.807, 2.05) is 0 Å². The number of carbonyl (C=O) groups is 1. The molecule has 1 heterocycles. The Morgan fingerprint density at radius 1 is 1.42 bits per heavy atom. The van der Waals surface area contributed by atoms with Crippen LogP contribution < -0.4 is 0 Å². The van der Waals surface area contributed by atoms with Gasteiger partial charge in [0.05, 0.1) is 12.6 Å². The third-order valence-electron chi connectivity index (χ3n) is 3.69. The molecule has 0 aromatic rings. The predicted molar refractivity (Wildman–Crippen MR) is 64.9 cm³/mol. The Kier molecular flexibility index (Phi) is 3.89. The molecule has 2 aliphatic rings. The monoisotopic (exact) mass is 273 g/mol. The smallest absolute Gasteiger partial charge is 0.411 e. The van der Waals surface area contributed by atoms with Crippen LogP contribution in [0, 0.1) is 0 Å². The summed E-state index contributed by atoms with van der Waals surface area (Å²) in [5.74, 6) is -2.64. The number of amides is 1. The van der Waals surface area contributed by atoms with Gasteiger partial charge in [-0.1, -0.05) is 6.08 Å². The van der Waals surface area contributed by atoms with Crippen molar-refractivity contribution < 1.29 is 23.8 Å². The van der Waals surface area contributed by atoms with Crippen molar-refractivity contribution in [2.75, 3.05) is 6.61 Å². The van der Waals surface area contributed by atoms with Crippen molar-refractivity contribution in [2.45, 2.75) is 44.1 Å². The van der Waals surface area contributed by atoms with E-state index in [0.717, 1.165) is 16.0 Å². The average Bonchev–Trinajstić information content (AvgIpc) is 2.38. The van der Waals surface area contributed by atoms with E-state index in [2.05, 4.69) is 0 Å². The van der Waals surface area contributed by atoms with Crippen LogP contribution in [0.4, 0.5) is 13.6 Å². The number of hydrogen-bond acceptors (Lipinski definition) is 2. The van der Waals surface area contributed by atoms with Crippen molar-refractivity contribution in [3.8, 4) is 0 Å². The molecular weight excluding hydrogens is 256 g/mol. The first kappa shape index (κ1) is 14.0. The van der Waals surface area contributed by atoms with E-state index in [-0.39, 0.29) is 25.9 Å². The Bertz CT molecular complexity index is 432. The second-order valence-electron chi connectivity index (χ2n) is 5.01. The van der Waals surface area contributed by atoms with E-state index in [4.69, 9.17) is 10.2 Å². The maximum Gasteiger partial charge on any atom is 0.411 e. The molecule has 19 heavy (non-hydrogen) atoms. The van der Waals surface area contributed by atoms with Crippen LogP contribution in [-0.2, 0) is 0 Å². The molecule has 0 saturated carbocycles. The minimum Gasteiger partial charge on any atom is -0.465 e. The highest BCUT2D eigenvalue weighted by atomic mass is 19.3. The summed E-state index contributed by atoms with van der Waals surface area (Å²) in [7, 11) is 0. The summed E-state index contributed by atoms with van der Waals surface area (Å²) in [5.41, 5.74) is 1.61. The Labute approximate surface area is 110 Å². The van der Waals surface area contributed by atoms with E-state index in [1.54, 1.807) is 0 Å². The lowest BCUT2D eigenvalue weighted by atomic mass is 9.87. The van der Waals surface area contributed by atoms with Crippen LogP contribution in [0.5, 0.6) is 0 Å². The van der Waals surface area contributed by atoms with E-state index in [9.17, 15) is 13.6 Å². The Morgan fingerprint density at radius 3 is 2.68 bits per heavy atom. The average molecular weight is 273 g/mol. The Hall–Kier alpha value is -1.43. The summed E-state index contributed by atoms with van der Waals surface area (Å²) in [4.78, 5) is 12.2. The summed E-state index contributed by atoms with van der Waals surface area (Å²) >= 11 is 0.